The van der Waals surface area contributed by atoms with E-state index < -0.39 is 0 Å². The molecule has 0 aliphatic heterocycles. The number of carbonyl (C=O) groups excluding carboxylic acids is 1. The number of benzene rings is 1. The van der Waals surface area contributed by atoms with E-state index in [1.165, 1.54) is 11.3 Å². The van der Waals surface area contributed by atoms with Gasteiger partial charge in [-0.2, -0.15) is 0 Å². The Balaban J connectivity index is 1.92. The molecule has 1 N–H and O–H groups in total. The van der Waals surface area contributed by atoms with Crippen LogP contribution in [0.25, 0.3) is 5.13 Å². The molecule has 3 aromatic rings. The summed E-state index contributed by atoms with van der Waals surface area (Å²) in [6.45, 7) is 4.06. The first kappa shape index (κ1) is 18.0. The third-order valence-corrected chi connectivity index (χ3v) is 4.91. The van der Waals surface area contributed by atoms with Gasteiger partial charge in [-0.05, 0) is 18.1 Å². The lowest BCUT2D eigenvalue weighted by Crippen LogP contribution is -2.13. The molecule has 0 bridgehead atoms. The van der Waals surface area contributed by atoms with Crippen LogP contribution < -0.4 is 14.8 Å². The Morgan fingerprint density at radius 2 is 1.73 bits per heavy atom. The van der Waals surface area contributed by atoms with Crippen molar-refractivity contribution < 1.29 is 14.3 Å². The molecule has 26 heavy (non-hydrogen) atoms. The van der Waals surface area contributed by atoms with Gasteiger partial charge in [0.2, 0.25) is 0 Å². The van der Waals surface area contributed by atoms with Crippen molar-refractivity contribution in [1.29, 1.82) is 0 Å². The number of aromatic nitrogens is 2. The molecule has 2 aromatic heterocycles. The molecule has 0 fully saturated rings. The molecule has 0 unspecified atom stereocenters. The van der Waals surface area contributed by atoms with E-state index in [4.69, 9.17) is 9.47 Å². The molecule has 0 aliphatic carbocycles. The molecular weight excluding hydrogens is 350 g/mol. The lowest BCUT2D eigenvalue weighted by Gasteiger charge is -2.10. The van der Waals surface area contributed by atoms with Crippen LogP contribution in [0.4, 0.5) is 5.69 Å². The predicted octanol–water partition coefficient (Wildman–Crippen LogP) is 4.33. The molecule has 6 nitrogen and oxygen atoms in total. The number of ether oxygens (including phenoxy) is 2. The average molecular weight is 371 g/mol. The number of carbonyl (C=O) groups is 1. The third kappa shape index (κ3) is 3.72. The molecule has 1 amide bonds. The highest BCUT2D eigenvalue weighted by Crippen LogP contribution is 2.30. The highest BCUT2D eigenvalue weighted by molar-refractivity contribution is 7.16. The van der Waals surface area contributed by atoms with E-state index in [2.05, 4.69) is 10.3 Å². The minimum atomic E-state index is -0.195. The molecule has 0 aliphatic rings. The largest absolute Gasteiger partial charge is 0.497 e. The van der Waals surface area contributed by atoms with Crippen LogP contribution in [-0.2, 0) is 0 Å². The number of amides is 1. The Bertz CT molecular complexity index is 879. The van der Waals surface area contributed by atoms with E-state index in [1.807, 2.05) is 42.9 Å². The monoisotopic (exact) mass is 371 g/mol. The van der Waals surface area contributed by atoms with Gasteiger partial charge in [0, 0.05) is 36.3 Å². The van der Waals surface area contributed by atoms with E-state index in [-0.39, 0.29) is 11.8 Å². The molecule has 136 valence electrons. The van der Waals surface area contributed by atoms with Crippen molar-refractivity contribution >= 4 is 22.9 Å². The molecule has 0 saturated carbocycles. The van der Waals surface area contributed by atoms with Gasteiger partial charge in [0.15, 0.2) is 5.13 Å². The molecule has 7 heteroatoms. The van der Waals surface area contributed by atoms with Crippen molar-refractivity contribution in [2.24, 2.45) is 0 Å². The molecule has 0 spiro atoms. The van der Waals surface area contributed by atoms with E-state index in [9.17, 15) is 4.79 Å². The number of nitrogens with one attached hydrogen (secondary N) is 1. The van der Waals surface area contributed by atoms with E-state index in [0.29, 0.717) is 22.1 Å². The highest BCUT2D eigenvalue weighted by atomic mass is 32.1. The summed E-state index contributed by atoms with van der Waals surface area (Å²) >= 11 is 1.37. The third-order valence-electron chi connectivity index (χ3n) is 3.83. The molecule has 0 saturated heterocycles. The van der Waals surface area contributed by atoms with Gasteiger partial charge < -0.3 is 19.4 Å². The Labute approximate surface area is 156 Å². The number of anilines is 1. The zero-order valence-corrected chi connectivity index (χ0v) is 16.0. The van der Waals surface area contributed by atoms with Crippen molar-refractivity contribution in [3.05, 3.63) is 53.3 Å². The lowest BCUT2D eigenvalue weighted by molar-refractivity contribution is 0.102. The van der Waals surface area contributed by atoms with Gasteiger partial charge in [-0.25, -0.2) is 4.98 Å². The Kier molecular flexibility index (Phi) is 5.27. The second-order valence-electron chi connectivity index (χ2n) is 6.01. The van der Waals surface area contributed by atoms with Crippen LogP contribution in [-0.4, -0.2) is 29.7 Å². The number of rotatable bonds is 6. The van der Waals surface area contributed by atoms with Gasteiger partial charge in [0.05, 0.1) is 19.9 Å². The van der Waals surface area contributed by atoms with Gasteiger partial charge in [0.1, 0.15) is 16.4 Å². The predicted molar refractivity (Wildman–Crippen MR) is 103 cm³/mol. The number of nitrogens with zero attached hydrogens (tertiary/aromatic N) is 2. The maximum Gasteiger partial charge on any atom is 0.267 e. The Hall–Kier alpha value is -2.80. The van der Waals surface area contributed by atoms with Crippen LogP contribution in [0.15, 0.2) is 42.7 Å². The van der Waals surface area contributed by atoms with Crippen molar-refractivity contribution in [2.45, 2.75) is 19.8 Å². The minimum Gasteiger partial charge on any atom is -0.497 e. The summed E-state index contributed by atoms with van der Waals surface area (Å²) in [7, 11) is 3.15. The van der Waals surface area contributed by atoms with Gasteiger partial charge in [-0.3, -0.25) is 4.79 Å². The Morgan fingerprint density at radius 1 is 1.12 bits per heavy atom. The maximum atomic E-state index is 12.9. The van der Waals surface area contributed by atoms with Crippen LogP contribution in [0.2, 0.25) is 0 Å². The first-order valence-electron chi connectivity index (χ1n) is 8.20. The van der Waals surface area contributed by atoms with Crippen LogP contribution in [0.5, 0.6) is 11.5 Å². The minimum absolute atomic E-state index is 0.135. The fourth-order valence-electron chi connectivity index (χ4n) is 2.51. The average Bonchev–Trinajstić information content (AvgIpc) is 3.30. The zero-order chi connectivity index (χ0) is 18.7. The quantitative estimate of drug-likeness (QED) is 0.700. The fraction of sp³-hybridized carbons (Fsp3) is 0.263. The number of thiazole rings is 1. The summed E-state index contributed by atoms with van der Waals surface area (Å²) in [4.78, 5) is 18.1. The highest BCUT2D eigenvalue weighted by Gasteiger charge is 2.21. The van der Waals surface area contributed by atoms with Crippen LogP contribution >= 0.6 is 11.3 Å². The van der Waals surface area contributed by atoms with Crippen molar-refractivity contribution in [3.63, 3.8) is 0 Å². The summed E-state index contributed by atoms with van der Waals surface area (Å²) in [5.74, 6) is 1.17. The molecule has 0 radical (unpaired) electrons. The summed E-state index contributed by atoms with van der Waals surface area (Å²) in [6.07, 6.45) is 3.83. The molecule has 1 aromatic carbocycles. The Morgan fingerprint density at radius 3 is 2.27 bits per heavy atom. The SMILES string of the molecule is COc1cc(NC(=O)c2sc(-n3cccc3)nc2C(C)C)cc(OC)c1. The maximum absolute atomic E-state index is 12.9. The molecule has 2 heterocycles. The van der Waals surface area contributed by atoms with Gasteiger partial charge in [0.25, 0.3) is 5.91 Å². The first-order valence-corrected chi connectivity index (χ1v) is 9.02. The second-order valence-corrected chi connectivity index (χ2v) is 6.99. The lowest BCUT2D eigenvalue weighted by atomic mass is 10.1. The normalized spacial score (nSPS) is 10.8. The zero-order valence-electron chi connectivity index (χ0n) is 15.1. The topological polar surface area (TPSA) is 65.4 Å². The smallest absolute Gasteiger partial charge is 0.267 e. The van der Waals surface area contributed by atoms with Crippen LogP contribution in [0.3, 0.4) is 0 Å². The van der Waals surface area contributed by atoms with Gasteiger partial charge in [-0.15, -0.1) is 0 Å². The molecular formula is C19H21N3O3S. The summed E-state index contributed by atoms with van der Waals surface area (Å²) in [5.41, 5.74) is 1.39. The van der Waals surface area contributed by atoms with E-state index in [0.717, 1.165) is 10.8 Å². The van der Waals surface area contributed by atoms with E-state index in [1.54, 1.807) is 32.4 Å². The summed E-state index contributed by atoms with van der Waals surface area (Å²) in [6, 6.07) is 9.12. The fourth-order valence-corrected chi connectivity index (χ4v) is 3.60. The van der Waals surface area contributed by atoms with Crippen molar-refractivity contribution in [2.75, 3.05) is 19.5 Å². The number of hydrogen-bond acceptors (Lipinski definition) is 5. The van der Waals surface area contributed by atoms with Crippen molar-refractivity contribution in [3.8, 4) is 16.6 Å². The van der Waals surface area contributed by atoms with E-state index >= 15 is 0 Å². The van der Waals surface area contributed by atoms with Crippen LogP contribution in [0, 0.1) is 0 Å². The summed E-state index contributed by atoms with van der Waals surface area (Å²) < 4.78 is 12.4. The van der Waals surface area contributed by atoms with Crippen LogP contribution in [0.1, 0.15) is 35.1 Å². The first-order chi connectivity index (χ1) is 12.5. The second kappa shape index (κ2) is 7.61. The van der Waals surface area contributed by atoms with Gasteiger partial charge >= 0.3 is 0 Å². The standard InChI is InChI=1S/C19H21N3O3S/c1-12(2)16-17(26-19(21-16)22-7-5-6-8-22)18(23)20-13-9-14(24-3)11-15(10-13)25-4/h5-12H,1-4H3,(H,20,23). The number of hydrogen-bond donors (Lipinski definition) is 1. The molecule has 3 rings (SSSR count). The molecule has 0 atom stereocenters. The van der Waals surface area contributed by atoms with Gasteiger partial charge in [-0.1, -0.05) is 25.2 Å². The number of methoxy groups -OCH3 is 2. The summed E-state index contributed by atoms with van der Waals surface area (Å²) in [5, 5.41) is 3.69. The van der Waals surface area contributed by atoms with Crippen molar-refractivity contribution in [1.82, 2.24) is 9.55 Å².